The topological polar surface area (TPSA) is 75.5 Å². The molecule has 2 heterocycles. The van der Waals surface area contributed by atoms with Crippen molar-refractivity contribution in [1.29, 1.82) is 0 Å². The molecule has 1 aliphatic rings. The Hall–Kier alpha value is -2.68. The Kier molecular flexibility index (Phi) is 7.74. The molecule has 1 aromatic heterocycles. The normalized spacial score (nSPS) is 19.1. The summed E-state index contributed by atoms with van der Waals surface area (Å²) in [6.07, 6.45) is 0.762. The third-order valence-electron chi connectivity index (χ3n) is 4.20. The minimum atomic E-state index is -5.08. The van der Waals surface area contributed by atoms with Crippen molar-refractivity contribution >= 4 is 11.9 Å². The summed E-state index contributed by atoms with van der Waals surface area (Å²) in [5.41, 5.74) is 1.33. The molecule has 152 valence electrons. The van der Waals surface area contributed by atoms with Gasteiger partial charge < -0.3 is 14.7 Å². The van der Waals surface area contributed by atoms with E-state index >= 15 is 0 Å². The van der Waals surface area contributed by atoms with Gasteiger partial charge in [0.25, 0.3) is 0 Å². The number of carboxylic acid groups (broad SMARTS) is 1. The maximum absolute atomic E-state index is 10.6. The number of rotatable bonds is 5. The molecule has 0 bridgehead atoms. The minimum Gasteiger partial charge on any atom is -0.475 e. The summed E-state index contributed by atoms with van der Waals surface area (Å²) in [6, 6.07) is 12.7. The molecule has 0 aliphatic carbocycles. The smallest absolute Gasteiger partial charge is 0.475 e. The summed E-state index contributed by atoms with van der Waals surface area (Å²) < 4.78 is 37.7. The molecule has 28 heavy (non-hydrogen) atoms. The Balaban J connectivity index is 0.000000345. The molecule has 2 aromatic rings. The Morgan fingerprint density at radius 3 is 2.36 bits per heavy atom. The lowest BCUT2D eigenvalue weighted by Crippen LogP contribution is -2.39. The molecule has 0 spiro atoms. The number of aliphatic carboxylic acids is 1. The van der Waals surface area contributed by atoms with E-state index in [9.17, 15) is 13.2 Å². The first-order chi connectivity index (χ1) is 13.3. The molecule has 0 saturated carbocycles. The molecule has 2 atom stereocenters. The Morgan fingerprint density at radius 2 is 1.82 bits per heavy atom. The van der Waals surface area contributed by atoms with Crippen molar-refractivity contribution in [2.75, 3.05) is 18.1 Å². The van der Waals surface area contributed by atoms with Gasteiger partial charge in [0.05, 0.1) is 12.1 Å². The second-order valence-electron chi connectivity index (χ2n) is 6.08. The zero-order valence-corrected chi connectivity index (χ0v) is 15.3. The van der Waals surface area contributed by atoms with Gasteiger partial charge in [-0.2, -0.15) is 13.2 Å². The minimum absolute atomic E-state index is 0.249. The van der Waals surface area contributed by atoms with E-state index in [-0.39, 0.29) is 6.10 Å². The molecule has 1 N–H and O–H groups in total. The van der Waals surface area contributed by atoms with Crippen LogP contribution in [0.5, 0.6) is 0 Å². The molecule has 1 aromatic carbocycles. The number of anilines is 1. The summed E-state index contributed by atoms with van der Waals surface area (Å²) in [4.78, 5) is 20.0. The van der Waals surface area contributed by atoms with Crippen molar-refractivity contribution < 1.29 is 27.8 Å². The summed E-state index contributed by atoms with van der Waals surface area (Å²) >= 11 is 0. The highest BCUT2D eigenvalue weighted by Gasteiger charge is 2.38. The van der Waals surface area contributed by atoms with Crippen molar-refractivity contribution in [3.63, 3.8) is 0 Å². The standard InChI is InChI=1S/C17H21N3O.C2HF3O2/c1-2-21-16-9-12-20(17-18-10-6-11-19-17)15(16)13-14-7-4-3-5-8-14;3-2(4,5)1(6)7/h3-8,10-11,15-16H,2,9,12-13H2,1H3;(H,6,7)/t15-,16-;/m0./s1. The van der Waals surface area contributed by atoms with Gasteiger partial charge in [0, 0.05) is 25.5 Å². The van der Waals surface area contributed by atoms with E-state index in [1.807, 2.05) is 6.07 Å². The van der Waals surface area contributed by atoms with E-state index in [0.717, 1.165) is 31.9 Å². The van der Waals surface area contributed by atoms with Gasteiger partial charge in [-0.15, -0.1) is 0 Å². The first-order valence-corrected chi connectivity index (χ1v) is 8.82. The van der Waals surface area contributed by atoms with Crippen molar-refractivity contribution in [1.82, 2.24) is 9.97 Å². The Bertz CT molecular complexity index is 729. The van der Waals surface area contributed by atoms with Crippen LogP contribution in [-0.2, 0) is 16.0 Å². The van der Waals surface area contributed by atoms with Crippen LogP contribution in [0.4, 0.5) is 19.1 Å². The average molecular weight is 397 g/mol. The lowest BCUT2D eigenvalue weighted by atomic mass is 10.0. The lowest BCUT2D eigenvalue weighted by molar-refractivity contribution is -0.192. The number of benzene rings is 1. The average Bonchev–Trinajstić information content (AvgIpc) is 3.06. The van der Waals surface area contributed by atoms with Crippen LogP contribution in [0.2, 0.25) is 0 Å². The maximum atomic E-state index is 10.6. The molecular formula is C19H22F3N3O3. The molecule has 6 nitrogen and oxygen atoms in total. The second-order valence-corrected chi connectivity index (χ2v) is 6.08. The predicted octanol–water partition coefficient (Wildman–Crippen LogP) is 3.34. The molecule has 9 heteroatoms. The first-order valence-electron chi connectivity index (χ1n) is 8.82. The highest BCUT2D eigenvalue weighted by Crippen LogP contribution is 2.27. The van der Waals surface area contributed by atoms with Crippen LogP contribution in [0.1, 0.15) is 18.9 Å². The molecule has 1 saturated heterocycles. The highest BCUT2D eigenvalue weighted by atomic mass is 19.4. The van der Waals surface area contributed by atoms with E-state index in [0.29, 0.717) is 6.04 Å². The van der Waals surface area contributed by atoms with E-state index < -0.39 is 12.1 Å². The number of hydrogen-bond acceptors (Lipinski definition) is 5. The van der Waals surface area contributed by atoms with E-state index in [2.05, 4.69) is 52.1 Å². The van der Waals surface area contributed by atoms with Gasteiger partial charge in [0.2, 0.25) is 5.95 Å². The van der Waals surface area contributed by atoms with Gasteiger partial charge in [-0.3, -0.25) is 0 Å². The van der Waals surface area contributed by atoms with Crippen molar-refractivity contribution in [2.45, 2.75) is 38.1 Å². The first kappa shape index (κ1) is 21.6. The Morgan fingerprint density at radius 1 is 1.21 bits per heavy atom. The fraction of sp³-hybridized carbons (Fsp3) is 0.421. The summed E-state index contributed by atoms with van der Waals surface area (Å²) in [7, 11) is 0. The van der Waals surface area contributed by atoms with Crippen molar-refractivity contribution in [3.05, 3.63) is 54.4 Å². The van der Waals surface area contributed by atoms with Gasteiger partial charge in [-0.1, -0.05) is 30.3 Å². The predicted molar refractivity (Wildman–Crippen MR) is 97.0 cm³/mol. The SMILES string of the molecule is CCO[C@H]1CCN(c2ncccn2)[C@H]1Cc1ccccc1.O=C(O)C(F)(F)F. The van der Waals surface area contributed by atoms with Crippen molar-refractivity contribution in [3.8, 4) is 0 Å². The number of alkyl halides is 3. The number of halogens is 3. The number of ether oxygens (including phenoxy) is 1. The monoisotopic (exact) mass is 397 g/mol. The van der Waals surface area contributed by atoms with Gasteiger partial charge in [-0.05, 0) is 31.4 Å². The molecule has 0 amide bonds. The fourth-order valence-corrected chi connectivity index (χ4v) is 3.02. The molecule has 1 aliphatic heterocycles. The maximum Gasteiger partial charge on any atom is 0.490 e. The van der Waals surface area contributed by atoms with Crippen LogP contribution in [0.3, 0.4) is 0 Å². The van der Waals surface area contributed by atoms with Gasteiger partial charge in [0.15, 0.2) is 0 Å². The van der Waals surface area contributed by atoms with Gasteiger partial charge in [0.1, 0.15) is 0 Å². The zero-order valence-electron chi connectivity index (χ0n) is 15.3. The third kappa shape index (κ3) is 6.19. The zero-order chi connectivity index (χ0) is 20.6. The van der Waals surface area contributed by atoms with Crippen LogP contribution in [0, 0.1) is 0 Å². The molecule has 1 fully saturated rings. The van der Waals surface area contributed by atoms with Gasteiger partial charge >= 0.3 is 12.1 Å². The quantitative estimate of drug-likeness (QED) is 0.834. The van der Waals surface area contributed by atoms with Crippen molar-refractivity contribution in [2.24, 2.45) is 0 Å². The molecule has 0 radical (unpaired) electrons. The molecular weight excluding hydrogens is 375 g/mol. The van der Waals surface area contributed by atoms with Crippen LogP contribution < -0.4 is 4.90 Å². The summed E-state index contributed by atoms with van der Waals surface area (Å²) in [5.74, 6) is -1.95. The van der Waals surface area contributed by atoms with Crippen LogP contribution in [0.15, 0.2) is 48.8 Å². The number of nitrogens with zero attached hydrogens (tertiary/aromatic N) is 3. The third-order valence-corrected chi connectivity index (χ3v) is 4.20. The number of carboxylic acids is 1. The van der Waals surface area contributed by atoms with E-state index in [1.54, 1.807) is 12.4 Å². The summed E-state index contributed by atoms with van der Waals surface area (Å²) in [6.45, 7) is 3.76. The number of hydrogen-bond donors (Lipinski definition) is 1. The van der Waals surface area contributed by atoms with Crippen LogP contribution in [0.25, 0.3) is 0 Å². The number of aromatic nitrogens is 2. The molecule has 3 rings (SSSR count). The number of carbonyl (C=O) groups is 1. The highest BCUT2D eigenvalue weighted by molar-refractivity contribution is 5.73. The lowest BCUT2D eigenvalue weighted by Gasteiger charge is -2.28. The van der Waals surface area contributed by atoms with Crippen LogP contribution in [-0.4, -0.2) is 52.5 Å². The molecule has 0 unspecified atom stereocenters. The summed E-state index contributed by atoms with van der Waals surface area (Å²) in [5, 5.41) is 7.12. The van der Waals surface area contributed by atoms with E-state index in [4.69, 9.17) is 14.6 Å². The Labute approximate surface area is 161 Å². The largest absolute Gasteiger partial charge is 0.490 e. The van der Waals surface area contributed by atoms with E-state index in [1.165, 1.54) is 5.56 Å². The van der Waals surface area contributed by atoms with Crippen LogP contribution >= 0.6 is 0 Å². The van der Waals surface area contributed by atoms with Gasteiger partial charge in [-0.25, -0.2) is 14.8 Å². The second kappa shape index (κ2) is 10.0. The fourth-order valence-electron chi connectivity index (χ4n) is 3.02.